The van der Waals surface area contributed by atoms with Crippen LogP contribution in [0.4, 0.5) is 11.4 Å². The molecule has 0 aliphatic carbocycles. The van der Waals surface area contributed by atoms with Gasteiger partial charge in [-0.2, -0.15) is 5.10 Å². The summed E-state index contributed by atoms with van der Waals surface area (Å²) in [7, 11) is 3.76. The number of hydrogen-bond acceptors (Lipinski definition) is 8. The van der Waals surface area contributed by atoms with Crippen LogP contribution in [0.3, 0.4) is 0 Å². The molecule has 5 aromatic rings. The number of aryl methyl sites for hydroxylation is 1. The fourth-order valence-corrected chi connectivity index (χ4v) is 7.54. The number of carbonyl (C=O) groups excluding carboxylic acids is 2. The first-order valence-electron chi connectivity index (χ1n) is 17.7. The second-order valence-electron chi connectivity index (χ2n) is 13.7. The van der Waals surface area contributed by atoms with Gasteiger partial charge in [-0.15, -0.1) is 12.4 Å². The number of halogens is 1. The van der Waals surface area contributed by atoms with E-state index in [0.29, 0.717) is 71.4 Å². The van der Waals surface area contributed by atoms with E-state index < -0.39 is 0 Å². The minimum atomic E-state index is -0.257. The average molecular weight is 739 g/mol. The van der Waals surface area contributed by atoms with Crippen molar-refractivity contribution in [2.24, 2.45) is 14.1 Å². The summed E-state index contributed by atoms with van der Waals surface area (Å²) in [4.78, 5) is 35.5. The summed E-state index contributed by atoms with van der Waals surface area (Å²) in [6, 6.07) is 20.3. The first kappa shape index (κ1) is 36.1. The van der Waals surface area contributed by atoms with E-state index in [1.54, 1.807) is 59.4 Å². The topological polar surface area (TPSA) is 115 Å². The number of fused-ring (bicyclic) bond motifs is 2. The van der Waals surface area contributed by atoms with Crippen LogP contribution in [-0.2, 0) is 38.2 Å². The van der Waals surface area contributed by atoms with Crippen molar-refractivity contribution in [2.75, 3.05) is 44.5 Å². The van der Waals surface area contributed by atoms with Gasteiger partial charge in [0.25, 0.3) is 11.8 Å². The van der Waals surface area contributed by atoms with Crippen molar-refractivity contribution in [3.05, 3.63) is 107 Å². The number of aromatic hydroxyl groups is 1. The molecular formula is C40H43ClN6O6. The number of carbonyl (C=O) groups is 2. The number of morpholine rings is 1. The first-order chi connectivity index (χ1) is 25.2. The lowest BCUT2D eigenvalue weighted by Gasteiger charge is -2.35. The van der Waals surface area contributed by atoms with Gasteiger partial charge in [0.2, 0.25) is 6.79 Å². The molecule has 5 heterocycles. The number of anilines is 2. The molecular weight excluding hydrogens is 696 g/mol. The summed E-state index contributed by atoms with van der Waals surface area (Å²) in [5, 5.41) is 14.4. The van der Waals surface area contributed by atoms with Crippen LogP contribution in [0.5, 0.6) is 17.2 Å². The predicted molar refractivity (Wildman–Crippen MR) is 202 cm³/mol. The third kappa shape index (κ3) is 6.97. The molecule has 53 heavy (non-hydrogen) atoms. The van der Waals surface area contributed by atoms with E-state index >= 15 is 0 Å². The number of phenolic OH excluding ortho intramolecular Hbond substituents is 1. The van der Waals surface area contributed by atoms with Crippen molar-refractivity contribution in [1.82, 2.24) is 24.1 Å². The number of ether oxygens (including phenoxy) is 3. The Labute approximate surface area is 314 Å². The van der Waals surface area contributed by atoms with Crippen LogP contribution in [-0.4, -0.2) is 86.8 Å². The van der Waals surface area contributed by atoms with Crippen molar-refractivity contribution in [1.29, 1.82) is 0 Å². The highest BCUT2D eigenvalue weighted by Gasteiger charge is 2.33. The van der Waals surface area contributed by atoms with E-state index in [4.69, 9.17) is 14.2 Å². The van der Waals surface area contributed by atoms with Gasteiger partial charge in [0.1, 0.15) is 5.75 Å². The van der Waals surface area contributed by atoms with Crippen molar-refractivity contribution >= 4 is 35.6 Å². The molecule has 3 aromatic carbocycles. The Bertz CT molecular complexity index is 2140. The molecule has 13 heteroatoms. The van der Waals surface area contributed by atoms with Crippen molar-refractivity contribution < 1.29 is 28.9 Å². The molecule has 0 radical (unpaired) electrons. The molecule has 1 N–H and O–H groups in total. The van der Waals surface area contributed by atoms with E-state index in [1.165, 1.54) is 5.56 Å². The van der Waals surface area contributed by atoms with Gasteiger partial charge in [0.15, 0.2) is 11.5 Å². The zero-order chi connectivity index (χ0) is 35.9. The van der Waals surface area contributed by atoms with Gasteiger partial charge < -0.3 is 28.8 Å². The van der Waals surface area contributed by atoms with E-state index in [-0.39, 0.29) is 42.8 Å². The molecule has 1 atom stereocenters. The zero-order valence-corrected chi connectivity index (χ0v) is 30.8. The molecule has 276 valence electrons. The first-order valence-corrected chi connectivity index (χ1v) is 17.7. The van der Waals surface area contributed by atoms with Gasteiger partial charge in [0, 0.05) is 81.6 Å². The summed E-state index contributed by atoms with van der Waals surface area (Å²) in [5.74, 6) is 0.800. The quantitative estimate of drug-likeness (QED) is 0.215. The smallest absolute Gasteiger partial charge is 0.264 e. The van der Waals surface area contributed by atoms with Crippen LogP contribution in [0, 0.1) is 0 Å². The summed E-state index contributed by atoms with van der Waals surface area (Å²) < 4.78 is 20.9. The number of rotatable bonds is 8. The number of benzene rings is 3. The predicted octanol–water partition coefficient (Wildman–Crippen LogP) is 5.72. The maximum absolute atomic E-state index is 15.0. The van der Waals surface area contributed by atoms with E-state index in [0.717, 1.165) is 37.3 Å². The molecule has 3 aliphatic rings. The van der Waals surface area contributed by atoms with Crippen LogP contribution < -0.4 is 14.4 Å². The molecule has 12 nitrogen and oxygen atoms in total. The normalized spacial score (nSPS) is 16.6. The molecule has 2 aromatic heterocycles. The zero-order valence-electron chi connectivity index (χ0n) is 30.0. The Morgan fingerprint density at radius 2 is 1.64 bits per heavy atom. The van der Waals surface area contributed by atoms with Crippen LogP contribution in [0.15, 0.2) is 79.1 Å². The van der Waals surface area contributed by atoms with E-state index in [9.17, 15) is 14.7 Å². The molecule has 2 amide bonds. The lowest BCUT2D eigenvalue weighted by Crippen LogP contribution is -2.42. The van der Waals surface area contributed by atoms with Gasteiger partial charge in [-0.05, 0) is 66.9 Å². The summed E-state index contributed by atoms with van der Waals surface area (Å²) in [5.41, 5.74) is 6.74. The lowest BCUT2D eigenvalue weighted by atomic mass is 9.93. The Balaban J connectivity index is 0.00000435. The third-order valence-corrected chi connectivity index (χ3v) is 10.4. The van der Waals surface area contributed by atoms with Gasteiger partial charge in [0.05, 0.1) is 36.2 Å². The molecule has 0 unspecified atom stereocenters. The maximum Gasteiger partial charge on any atom is 0.264 e. The highest BCUT2D eigenvalue weighted by Crippen LogP contribution is 2.42. The second-order valence-corrected chi connectivity index (χ2v) is 13.7. The fourth-order valence-electron chi connectivity index (χ4n) is 7.54. The third-order valence-electron chi connectivity index (χ3n) is 10.4. The highest BCUT2D eigenvalue weighted by atomic mass is 35.5. The molecule has 0 saturated carbocycles. The molecule has 1 fully saturated rings. The Morgan fingerprint density at radius 1 is 0.925 bits per heavy atom. The Morgan fingerprint density at radius 3 is 2.36 bits per heavy atom. The number of phenols is 1. The summed E-state index contributed by atoms with van der Waals surface area (Å²) >= 11 is 0. The minimum Gasteiger partial charge on any atom is -0.508 e. The van der Waals surface area contributed by atoms with Gasteiger partial charge in [-0.3, -0.25) is 24.1 Å². The fraction of sp³-hybridized carbons (Fsp3) is 0.325. The monoisotopic (exact) mass is 738 g/mol. The number of aromatic nitrogens is 3. The minimum absolute atomic E-state index is 0. The SMILES string of the molecule is C[C@@H]1Cc2ccccc2CN1C(=O)c1cc2c(cc1-c1cc(C(=O)N(c3ccc(O)cc3)c3cnn(C)c3)c(CCN3CCOCC3)n1C)OCO2.Cl. The van der Waals surface area contributed by atoms with Gasteiger partial charge >= 0.3 is 0 Å². The maximum atomic E-state index is 15.0. The Hall–Kier alpha value is -5.30. The number of amides is 2. The van der Waals surface area contributed by atoms with Crippen LogP contribution in [0.25, 0.3) is 11.3 Å². The van der Waals surface area contributed by atoms with Crippen molar-refractivity contribution in [2.45, 2.75) is 32.4 Å². The average Bonchev–Trinajstić information content (AvgIpc) is 3.89. The van der Waals surface area contributed by atoms with Crippen molar-refractivity contribution in [3.8, 4) is 28.5 Å². The standard InChI is InChI=1S/C40H42N6O6.ClH/c1-26-18-27-6-4-5-7-28(27)23-45(26)39(48)33-21-38-37(51-25-52-38)20-32(33)36-19-34(35(43(36)3)12-13-44-14-16-50-17-15-44)40(49)46(30-22-41-42(2)24-30)29-8-10-31(47)11-9-29;/h4-11,19-22,24,26,47H,12-18,23,25H2,1-3H3;1H/t26-;/m1./s1. The molecule has 1 saturated heterocycles. The Kier molecular flexibility index (Phi) is 10.2. The molecule has 3 aliphatic heterocycles. The summed E-state index contributed by atoms with van der Waals surface area (Å²) in [6.45, 7) is 6.34. The molecule has 8 rings (SSSR count). The molecule has 0 spiro atoms. The van der Waals surface area contributed by atoms with E-state index in [2.05, 4.69) is 29.1 Å². The van der Waals surface area contributed by atoms with E-state index in [1.807, 2.05) is 40.8 Å². The lowest BCUT2D eigenvalue weighted by molar-refractivity contribution is 0.0382. The van der Waals surface area contributed by atoms with Crippen molar-refractivity contribution in [3.63, 3.8) is 0 Å². The van der Waals surface area contributed by atoms with Crippen LogP contribution in [0.2, 0.25) is 0 Å². The number of nitrogens with zero attached hydrogens (tertiary/aromatic N) is 6. The summed E-state index contributed by atoms with van der Waals surface area (Å²) in [6.07, 6.45) is 4.78. The van der Waals surface area contributed by atoms with Gasteiger partial charge in [-0.25, -0.2) is 0 Å². The van der Waals surface area contributed by atoms with Crippen LogP contribution in [0.1, 0.15) is 44.5 Å². The highest BCUT2D eigenvalue weighted by molar-refractivity contribution is 6.12. The van der Waals surface area contributed by atoms with Gasteiger partial charge in [-0.1, -0.05) is 24.3 Å². The van der Waals surface area contributed by atoms with Crippen LogP contribution >= 0.6 is 12.4 Å². The second kappa shape index (κ2) is 15.0. The largest absolute Gasteiger partial charge is 0.508 e. The number of hydrogen-bond donors (Lipinski definition) is 1. The molecule has 0 bridgehead atoms.